The third-order valence-electron chi connectivity index (χ3n) is 4.11. The summed E-state index contributed by atoms with van der Waals surface area (Å²) in [4.78, 5) is 13.6. The van der Waals surface area contributed by atoms with Gasteiger partial charge in [-0.25, -0.2) is 0 Å². The Balaban J connectivity index is 2.29. The van der Waals surface area contributed by atoms with Crippen LogP contribution in [0.1, 0.15) is 26.7 Å². The topological polar surface area (TPSA) is 49.8 Å². The van der Waals surface area contributed by atoms with E-state index in [9.17, 15) is 9.90 Å². The molecule has 1 N–H and O–H groups in total. The first kappa shape index (κ1) is 13.7. The normalized spacial score (nSPS) is 22.1. The highest BCUT2D eigenvalue weighted by Crippen LogP contribution is 2.37. The highest BCUT2D eigenvalue weighted by Gasteiger charge is 2.42. The smallest absolute Gasteiger partial charge is 0.308 e. The van der Waals surface area contributed by atoms with E-state index in [0.29, 0.717) is 0 Å². The quantitative estimate of drug-likeness (QED) is 0.911. The first-order chi connectivity index (χ1) is 8.96. The molecule has 1 aliphatic rings. The summed E-state index contributed by atoms with van der Waals surface area (Å²) in [5.41, 5.74) is 0.676. The molecule has 1 aromatic carbocycles. The monoisotopic (exact) mass is 263 g/mol. The van der Waals surface area contributed by atoms with Gasteiger partial charge in [0.15, 0.2) is 0 Å². The van der Waals surface area contributed by atoms with E-state index in [4.69, 9.17) is 4.74 Å². The molecule has 0 aromatic heterocycles. The molecule has 0 saturated carbocycles. The third kappa shape index (κ3) is 2.53. The average Bonchev–Trinajstić information content (AvgIpc) is 2.38. The molecule has 4 nitrogen and oxygen atoms in total. The van der Waals surface area contributed by atoms with E-state index in [0.717, 1.165) is 30.8 Å². The second-order valence-corrected chi connectivity index (χ2v) is 5.54. The lowest BCUT2D eigenvalue weighted by molar-refractivity contribution is -0.144. The Labute approximate surface area is 114 Å². The molecule has 2 rings (SSSR count). The minimum atomic E-state index is -0.705. The lowest BCUT2D eigenvalue weighted by Crippen LogP contribution is -2.55. The molecule has 0 aliphatic carbocycles. The summed E-state index contributed by atoms with van der Waals surface area (Å²) in [5.74, 6) is -0.222. The van der Waals surface area contributed by atoms with Crippen molar-refractivity contribution in [3.63, 3.8) is 0 Å². The summed E-state index contributed by atoms with van der Waals surface area (Å²) in [6, 6.07) is 7.81. The van der Waals surface area contributed by atoms with Crippen LogP contribution in [0.5, 0.6) is 5.75 Å². The molecule has 1 aromatic rings. The van der Waals surface area contributed by atoms with E-state index in [1.807, 2.05) is 38.1 Å². The van der Waals surface area contributed by atoms with Crippen LogP contribution in [-0.2, 0) is 4.79 Å². The third-order valence-corrected chi connectivity index (χ3v) is 4.11. The molecule has 1 heterocycles. The van der Waals surface area contributed by atoms with Crippen molar-refractivity contribution in [3.8, 4) is 5.75 Å². The maximum absolute atomic E-state index is 11.4. The number of hydrogen-bond acceptors (Lipinski definition) is 3. The molecule has 1 atom stereocenters. The van der Waals surface area contributed by atoms with Gasteiger partial charge in [0.2, 0.25) is 0 Å². The van der Waals surface area contributed by atoms with E-state index in [1.165, 1.54) is 0 Å². The lowest BCUT2D eigenvalue weighted by atomic mass is 9.78. The Morgan fingerprint density at radius 2 is 2.00 bits per heavy atom. The Bertz CT molecular complexity index is 453. The van der Waals surface area contributed by atoms with Crippen LogP contribution >= 0.6 is 0 Å². The summed E-state index contributed by atoms with van der Waals surface area (Å²) in [6.07, 6.45) is 1.65. The number of benzene rings is 1. The first-order valence-electron chi connectivity index (χ1n) is 6.61. The molecule has 19 heavy (non-hydrogen) atoms. The number of methoxy groups -OCH3 is 1. The number of piperidine rings is 1. The molecule has 4 heteroatoms. The Morgan fingerprint density at radius 3 is 2.53 bits per heavy atom. The van der Waals surface area contributed by atoms with Crippen LogP contribution < -0.4 is 9.64 Å². The fourth-order valence-corrected chi connectivity index (χ4v) is 2.93. The van der Waals surface area contributed by atoms with E-state index in [1.54, 1.807) is 7.11 Å². The van der Waals surface area contributed by atoms with Crippen molar-refractivity contribution >= 4 is 11.7 Å². The second kappa shape index (κ2) is 5.11. The van der Waals surface area contributed by atoms with Crippen LogP contribution in [0.25, 0.3) is 0 Å². The van der Waals surface area contributed by atoms with Gasteiger partial charge in [-0.3, -0.25) is 4.79 Å². The summed E-state index contributed by atoms with van der Waals surface area (Å²) < 4.78 is 5.16. The van der Waals surface area contributed by atoms with Crippen LogP contribution in [-0.4, -0.2) is 30.3 Å². The summed E-state index contributed by atoms with van der Waals surface area (Å²) >= 11 is 0. The Kier molecular flexibility index (Phi) is 3.69. The van der Waals surface area contributed by atoms with Crippen molar-refractivity contribution in [2.24, 2.45) is 5.92 Å². The van der Waals surface area contributed by atoms with Gasteiger partial charge in [0.1, 0.15) is 5.75 Å². The van der Waals surface area contributed by atoms with Gasteiger partial charge in [0.05, 0.1) is 13.0 Å². The number of ether oxygens (including phenoxy) is 1. The number of rotatable bonds is 3. The van der Waals surface area contributed by atoms with Gasteiger partial charge in [-0.05, 0) is 51.0 Å². The number of carbonyl (C=O) groups is 1. The van der Waals surface area contributed by atoms with Gasteiger partial charge in [0, 0.05) is 17.8 Å². The molecule has 1 fully saturated rings. The van der Waals surface area contributed by atoms with Crippen molar-refractivity contribution in [3.05, 3.63) is 24.3 Å². The molecule has 0 spiro atoms. The summed E-state index contributed by atoms with van der Waals surface area (Å²) in [7, 11) is 1.64. The minimum absolute atomic E-state index is 0.330. The van der Waals surface area contributed by atoms with E-state index < -0.39 is 5.97 Å². The van der Waals surface area contributed by atoms with Crippen LogP contribution in [0, 0.1) is 5.92 Å². The SMILES string of the molecule is COc1ccc(N2CCCC(C(=O)O)C2(C)C)cc1. The maximum atomic E-state index is 11.4. The number of carboxylic acids is 1. The molecule has 0 bridgehead atoms. The van der Waals surface area contributed by atoms with Gasteiger partial charge in [-0.2, -0.15) is 0 Å². The molecule has 0 radical (unpaired) electrons. The van der Waals surface area contributed by atoms with Crippen molar-refractivity contribution in [2.75, 3.05) is 18.6 Å². The first-order valence-corrected chi connectivity index (χ1v) is 6.61. The molecular formula is C15H21NO3. The standard InChI is InChI=1S/C15H21NO3/c1-15(2)13(14(17)18)5-4-10-16(15)11-6-8-12(19-3)9-7-11/h6-9,13H,4-5,10H2,1-3H3,(H,17,18). The van der Waals surface area contributed by atoms with Gasteiger partial charge in [-0.15, -0.1) is 0 Å². The maximum Gasteiger partial charge on any atom is 0.308 e. The molecule has 1 unspecified atom stereocenters. The summed E-state index contributed by atoms with van der Waals surface area (Å²) in [6.45, 7) is 4.91. The zero-order valence-corrected chi connectivity index (χ0v) is 11.7. The number of nitrogens with zero attached hydrogens (tertiary/aromatic N) is 1. The lowest BCUT2D eigenvalue weighted by Gasteiger charge is -2.47. The van der Waals surface area contributed by atoms with E-state index in [2.05, 4.69) is 4.90 Å². The van der Waals surface area contributed by atoms with Crippen molar-refractivity contribution in [2.45, 2.75) is 32.2 Å². The van der Waals surface area contributed by atoms with E-state index in [-0.39, 0.29) is 11.5 Å². The molecule has 104 valence electrons. The Morgan fingerprint density at radius 1 is 1.37 bits per heavy atom. The van der Waals surface area contributed by atoms with Gasteiger partial charge in [0.25, 0.3) is 0 Å². The zero-order valence-electron chi connectivity index (χ0n) is 11.7. The van der Waals surface area contributed by atoms with E-state index >= 15 is 0 Å². The molecule has 1 aliphatic heterocycles. The van der Waals surface area contributed by atoms with Gasteiger partial charge >= 0.3 is 5.97 Å². The van der Waals surface area contributed by atoms with Gasteiger partial charge < -0.3 is 14.7 Å². The number of carboxylic acid groups (broad SMARTS) is 1. The number of anilines is 1. The predicted octanol–water partition coefficient (Wildman–Crippen LogP) is 2.77. The van der Waals surface area contributed by atoms with Crippen molar-refractivity contribution < 1.29 is 14.6 Å². The highest BCUT2D eigenvalue weighted by molar-refractivity contribution is 5.73. The van der Waals surface area contributed by atoms with Crippen LogP contribution in [0.15, 0.2) is 24.3 Å². The molecular weight excluding hydrogens is 242 g/mol. The number of aliphatic carboxylic acids is 1. The van der Waals surface area contributed by atoms with Crippen molar-refractivity contribution in [1.29, 1.82) is 0 Å². The minimum Gasteiger partial charge on any atom is -0.497 e. The average molecular weight is 263 g/mol. The van der Waals surface area contributed by atoms with Crippen LogP contribution in [0.3, 0.4) is 0 Å². The van der Waals surface area contributed by atoms with Crippen molar-refractivity contribution in [1.82, 2.24) is 0 Å². The fourth-order valence-electron chi connectivity index (χ4n) is 2.93. The molecule has 1 saturated heterocycles. The van der Waals surface area contributed by atoms with Gasteiger partial charge in [-0.1, -0.05) is 0 Å². The van der Waals surface area contributed by atoms with Crippen LogP contribution in [0.4, 0.5) is 5.69 Å². The second-order valence-electron chi connectivity index (χ2n) is 5.54. The largest absolute Gasteiger partial charge is 0.497 e. The summed E-state index contributed by atoms with van der Waals surface area (Å²) in [5, 5.41) is 9.37. The van der Waals surface area contributed by atoms with Crippen LogP contribution in [0.2, 0.25) is 0 Å². The highest BCUT2D eigenvalue weighted by atomic mass is 16.5. The number of hydrogen-bond donors (Lipinski definition) is 1. The predicted molar refractivity (Wildman–Crippen MR) is 74.8 cm³/mol. The molecule has 0 amide bonds. The Hall–Kier alpha value is -1.71. The zero-order chi connectivity index (χ0) is 14.0. The fraction of sp³-hybridized carbons (Fsp3) is 0.533.